The van der Waals surface area contributed by atoms with E-state index in [-0.39, 0.29) is 27.8 Å². The van der Waals surface area contributed by atoms with E-state index in [0.717, 1.165) is 47.6 Å². The van der Waals surface area contributed by atoms with Crippen LogP contribution in [0.3, 0.4) is 0 Å². The molecule has 5 rings (SSSR count). The Morgan fingerprint density at radius 1 is 0.714 bits per heavy atom. The summed E-state index contributed by atoms with van der Waals surface area (Å²) in [6, 6.07) is 25.5. The number of para-hydroxylation sites is 1. The van der Waals surface area contributed by atoms with Gasteiger partial charge in [0.1, 0.15) is 4.90 Å². The number of carbonyl (C=O) groups is 2. The van der Waals surface area contributed by atoms with Crippen LogP contribution in [0.25, 0.3) is 21.8 Å². The lowest BCUT2D eigenvalue weighted by Crippen LogP contribution is -2.13. The number of hydrogen-bond acceptors (Lipinski definition) is 5. The Kier molecular flexibility index (Phi) is 8.88. The highest BCUT2D eigenvalue weighted by Gasteiger charge is 2.22. The lowest BCUT2D eigenvalue weighted by molar-refractivity contribution is 0.0978. The van der Waals surface area contributed by atoms with Crippen LogP contribution >= 0.6 is 0 Å². The third-order valence-corrected chi connectivity index (χ3v) is 8.88. The summed E-state index contributed by atoms with van der Waals surface area (Å²) in [5, 5.41) is 1.78. The van der Waals surface area contributed by atoms with Gasteiger partial charge in [-0.3, -0.25) is 9.59 Å². The Balaban J connectivity index is 1.49. The number of rotatable bonds is 13. The molecule has 0 radical (unpaired) electrons. The Bertz CT molecular complexity index is 1860. The van der Waals surface area contributed by atoms with E-state index < -0.39 is 10.1 Å². The molecule has 216 valence electrons. The maximum atomic E-state index is 13.8. The zero-order valence-corrected chi connectivity index (χ0v) is 24.8. The second-order valence-electron chi connectivity index (χ2n) is 10.5. The van der Waals surface area contributed by atoms with E-state index in [4.69, 9.17) is 4.18 Å². The quantitative estimate of drug-likeness (QED) is 0.0793. The smallest absolute Gasteiger partial charge is 0.339 e. The summed E-state index contributed by atoms with van der Waals surface area (Å²) in [5.41, 5.74) is 3.18. The van der Waals surface area contributed by atoms with Crippen molar-refractivity contribution >= 4 is 43.5 Å². The molecule has 42 heavy (non-hydrogen) atoms. The van der Waals surface area contributed by atoms with E-state index >= 15 is 0 Å². The standard InChI is InChI=1S/C35H35NO5S/c1-3-5-6-7-11-17-33(37)25-19-21-31-29(23-25)30-24-26(20-22-32(30)36(31)4-2)35(38)28-16-12-13-18-34(28)41-42(39,40)27-14-9-8-10-15-27/h8-10,12-16,18-24H,3-7,11,17H2,1-2H3. The molecule has 6 nitrogen and oxygen atoms in total. The van der Waals surface area contributed by atoms with Crippen LogP contribution in [0.4, 0.5) is 0 Å². The van der Waals surface area contributed by atoms with Crippen molar-refractivity contribution in [3.63, 3.8) is 0 Å². The van der Waals surface area contributed by atoms with Crippen LogP contribution in [0.15, 0.2) is 95.9 Å². The van der Waals surface area contributed by atoms with E-state index in [1.807, 2.05) is 30.3 Å². The summed E-state index contributed by atoms with van der Waals surface area (Å²) >= 11 is 0. The molecule has 0 N–H and O–H groups in total. The van der Waals surface area contributed by atoms with E-state index in [0.29, 0.717) is 17.5 Å². The maximum absolute atomic E-state index is 13.8. The highest BCUT2D eigenvalue weighted by atomic mass is 32.2. The summed E-state index contributed by atoms with van der Waals surface area (Å²) in [4.78, 5) is 26.8. The Morgan fingerprint density at radius 2 is 1.33 bits per heavy atom. The fourth-order valence-electron chi connectivity index (χ4n) is 5.43. The normalized spacial score (nSPS) is 11.7. The van der Waals surface area contributed by atoms with Crippen molar-refractivity contribution in [2.45, 2.75) is 63.8 Å². The first kappa shape index (κ1) is 29.3. The second kappa shape index (κ2) is 12.7. The molecule has 4 aromatic carbocycles. The van der Waals surface area contributed by atoms with Gasteiger partial charge in [0.2, 0.25) is 0 Å². The van der Waals surface area contributed by atoms with Crippen LogP contribution in [-0.4, -0.2) is 24.6 Å². The molecule has 0 saturated carbocycles. The zero-order valence-electron chi connectivity index (χ0n) is 24.0. The molecule has 0 amide bonds. The number of hydrogen-bond donors (Lipinski definition) is 0. The molecule has 1 heterocycles. The molecular formula is C35H35NO5S. The number of nitrogens with zero attached hydrogens (tertiary/aromatic N) is 1. The van der Waals surface area contributed by atoms with Crippen LogP contribution < -0.4 is 4.18 Å². The maximum Gasteiger partial charge on any atom is 0.339 e. The summed E-state index contributed by atoms with van der Waals surface area (Å²) in [6.07, 6.45) is 5.97. The minimum atomic E-state index is -4.13. The summed E-state index contributed by atoms with van der Waals surface area (Å²) in [5.74, 6) is -0.259. The number of Topliss-reactive ketones (excluding diaryl/α,β-unsaturated/α-hetero) is 1. The van der Waals surface area contributed by atoms with Gasteiger partial charge in [-0.15, -0.1) is 0 Å². The van der Waals surface area contributed by atoms with Crippen molar-refractivity contribution in [2.24, 2.45) is 0 Å². The number of ketones is 2. The molecule has 0 aliphatic rings. The van der Waals surface area contributed by atoms with Crippen molar-refractivity contribution in [1.29, 1.82) is 0 Å². The lowest BCUT2D eigenvalue weighted by atomic mass is 9.99. The van der Waals surface area contributed by atoms with Crippen molar-refractivity contribution in [2.75, 3.05) is 0 Å². The van der Waals surface area contributed by atoms with Crippen molar-refractivity contribution < 1.29 is 22.2 Å². The van der Waals surface area contributed by atoms with E-state index in [2.05, 4.69) is 18.4 Å². The molecule has 0 aliphatic carbocycles. The highest BCUT2D eigenvalue weighted by Crippen LogP contribution is 2.33. The highest BCUT2D eigenvalue weighted by molar-refractivity contribution is 7.87. The van der Waals surface area contributed by atoms with Gasteiger partial charge in [-0.05, 0) is 74.0 Å². The molecule has 0 spiro atoms. The second-order valence-corrected chi connectivity index (χ2v) is 12.0. The van der Waals surface area contributed by atoms with Crippen LogP contribution in [-0.2, 0) is 16.7 Å². The first-order valence-electron chi connectivity index (χ1n) is 14.6. The molecule has 0 atom stereocenters. The fraction of sp³-hybridized carbons (Fsp3) is 0.257. The van der Waals surface area contributed by atoms with Gasteiger partial charge >= 0.3 is 10.1 Å². The fourth-order valence-corrected chi connectivity index (χ4v) is 6.40. The van der Waals surface area contributed by atoms with Gasteiger partial charge < -0.3 is 8.75 Å². The average Bonchev–Trinajstić information content (AvgIpc) is 3.33. The van der Waals surface area contributed by atoms with Crippen LogP contribution in [0.5, 0.6) is 5.75 Å². The SMILES string of the molecule is CCCCCCCC(=O)c1ccc2c(c1)c1cc(C(=O)c3ccccc3OS(=O)(=O)c3ccccc3)ccc1n2CC. The minimum absolute atomic E-state index is 0.00681. The lowest BCUT2D eigenvalue weighted by Gasteiger charge is -2.11. The largest absolute Gasteiger partial charge is 0.378 e. The molecule has 0 fully saturated rings. The van der Waals surface area contributed by atoms with Gasteiger partial charge in [-0.1, -0.05) is 62.9 Å². The molecular weight excluding hydrogens is 546 g/mol. The molecule has 1 aromatic heterocycles. The number of aromatic nitrogens is 1. The topological polar surface area (TPSA) is 82.4 Å². The number of fused-ring (bicyclic) bond motifs is 3. The Hall–Kier alpha value is -4.23. The number of benzene rings is 4. The number of unbranched alkanes of at least 4 members (excludes halogenated alkanes) is 4. The third kappa shape index (κ3) is 6.02. The van der Waals surface area contributed by atoms with E-state index in [9.17, 15) is 18.0 Å². The van der Waals surface area contributed by atoms with Gasteiger partial charge in [-0.25, -0.2) is 0 Å². The summed E-state index contributed by atoms with van der Waals surface area (Å²) in [7, 11) is -4.13. The van der Waals surface area contributed by atoms with Gasteiger partial charge in [0.25, 0.3) is 0 Å². The molecule has 0 saturated heterocycles. The number of aryl methyl sites for hydroxylation is 1. The summed E-state index contributed by atoms with van der Waals surface area (Å²) < 4.78 is 33.4. The first-order chi connectivity index (χ1) is 20.3. The van der Waals surface area contributed by atoms with E-state index in [1.54, 1.807) is 42.5 Å². The zero-order chi connectivity index (χ0) is 29.7. The van der Waals surface area contributed by atoms with Gasteiger partial charge in [0, 0.05) is 45.9 Å². The third-order valence-electron chi connectivity index (χ3n) is 7.64. The predicted molar refractivity (Wildman–Crippen MR) is 167 cm³/mol. The van der Waals surface area contributed by atoms with Gasteiger partial charge in [0.15, 0.2) is 17.3 Å². The van der Waals surface area contributed by atoms with Crippen LogP contribution in [0.1, 0.15) is 78.7 Å². The monoisotopic (exact) mass is 581 g/mol. The van der Waals surface area contributed by atoms with Crippen LogP contribution in [0, 0.1) is 0 Å². The van der Waals surface area contributed by atoms with Crippen molar-refractivity contribution in [3.8, 4) is 5.75 Å². The summed E-state index contributed by atoms with van der Waals surface area (Å²) in [6.45, 7) is 4.97. The number of carbonyl (C=O) groups excluding carboxylic acids is 2. The molecule has 0 unspecified atom stereocenters. The predicted octanol–water partition coefficient (Wildman–Crippen LogP) is 8.36. The van der Waals surface area contributed by atoms with Crippen molar-refractivity contribution in [3.05, 3.63) is 108 Å². The van der Waals surface area contributed by atoms with Crippen LogP contribution in [0.2, 0.25) is 0 Å². The van der Waals surface area contributed by atoms with E-state index in [1.165, 1.54) is 31.0 Å². The Morgan fingerprint density at radius 3 is 2.02 bits per heavy atom. The molecule has 5 aromatic rings. The molecule has 0 aliphatic heterocycles. The minimum Gasteiger partial charge on any atom is -0.378 e. The first-order valence-corrected chi connectivity index (χ1v) is 16.0. The Labute approximate surface area is 247 Å². The molecule has 7 heteroatoms. The average molecular weight is 582 g/mol. The van der Waals surface area contributed by atoms with Gasteiger partial charge in [0.05, 0.1) is 5.56 Å². The van der Waals surface area contributed by atoms with Gasteiger partial charge in [-0.2, -0.15) is 8.42 Å². The molecule has 0 bridgehead atoms. The van der Waals surface area contributed by atoms with Crippen molar-refractivity contribution in [1.82, 2.24) is 4.57 Å².